The van der Waals surface area contributed by atoms with E-state index in [4.69, 9.17) is 15.7 Å². The fourth-order valence-corrected chi connectivity index (χ4v) is 4.76. The molecule has 4 heterocycles. The van der Waals surface area contributed by atoms with E-state index in [2.05, 4.69) is 57.8 Å². The molecule has 1 aliphatic heterocycles. The van der Waals surface area contributed by atoms with E-state index in [9.17, 15) is 0 Å². The lowest BCUT2D eigenvalue weighted by atomic mass is 10.1. The maximum absolute atomic E-state index is 6.29. The van der Waals surface area contributed by atoms with Crippen LogP contribution < -0.4 is 5.73 Å². The monoisotopic (exact) mass is 464 g/mol. The van der Waals surface area contributed by atoms with Crippen molar-refractivity contribution in [2.45, 2.75) is 39.7 Å². The molecule has 0 bridgehead atoms. The van der Waals surface area contributed by atoms with E-state index in [0.29, 0.717) is 5.82 Å². The zero-order chi connectivity index (χ0) is 24.2. The SMILES string of the molecule is C/C=C\C(=C/CC)c1ccc2nc(-c3cccnc3N)n(-c3ccc(CN4CCCC4)cc3)c2n1. The normalized spacial score (nSPS) is 15.0. The first-order chi connectivity index (χ1) is 17.2. The molecule has 35 heavy (non-hydrogen) atoms. The van der Waals surface area contributed by atoms with Gasteiger partial charge in [0.1, 0.15) is 11.3 Å². The molecule has 2 N–H and O–H groups in total. The van der Waals surface area contributed by atoms with Gasteiger partial charge < -0.3 is 5.73 Å². The number of nitrogens with two attached hydrogens (primary N) is 1. The Hall–Kier alpha value is -3.77. The molecule has 178 valence electrons. The standard InChI is InChI=1S/C29H32N6/c1-3-8-22(9-4-2)25-15-16-26-29(32-25)35(28(33-26)24-10-7-17-31-27(24)30)23-13-11-21(12-14-23)20-34-18-5-6-19-34/h3,7-17H,4-6,18-20H2,1-2H3,(H2,30,31)/b8-3-,22-9+. The van der Waals surface area contributed by atoms with Gasteiger partial charge in [-0.2, -0.15) is 0 Å². The molecule has 1 aliphatic rings. The first kappa shape index (κ1) is 23.0. The molecule has 0 atom stereocenters. The van der Waals surface area contributed by atoms with Crippen LogP contribution in [0.1, 0.15) is 44.4 Å². The number of hydrogen-bond donors (Lipinski definition) is 1. The second kappa shape index (κ2) is 10.2. The summed E-state index contributed by atoms with van der Waals surface area (Å²) in [6.45, 7) is 7.53. The minimum absolute atomic E-state index is 0.454. The lowest BCUT2D eigenvalue weighted by molar-refractivity contribution is 0.331. The van der Waals surface area contributed by atoms with Gasteiger partial charge >= 0.3 is 0 Å². The summed E-state index contributed by atoms with van der Waals surface area (Å²) in [5.74, 6) is 1.20. The van der Waals surface area contributed by atoms with Crippen molar-refractivity contribution in [1.82, 2.24) is 24.4 Å². The number of fused-ring (bicyclic) bond motifs is 1. The summed E-state index contributed by atoms with van der Waals surface area (Å²) in [5, 5.41) is 0. The minimum Gasteiger partial charge on any atom is -0.383 e. The number of nitrogen functional groups attached to an aromatic ring is 1. The van der Waals surface area contributed by atoms with Gasteiger partial charge in [-0.1, -0.05) is 37.3 Å². The highest BCUT2D eigenvalue weighted by Crippen LogP contribution is 2.31. The van der Waals surface area contributed by atoms with Crippen LogP contribution in [0.3, 0.4) is 0 Å². The van der Waals surface area contributed by atoms with E-state index in [1.807, 2.05) is 37.3 Å². The Balaban J connectivity index is 1.65. The van der Waals surface area contributed by atoms with Crippen molar-refractivity contribution in [1.29, 1.82) is 0 Å². The van der Waals surface area contributed by atoms with Gasteiger partial charge in [0.05, 0.1) is 11.3 Å². The van der Waals surface area contributed by atoms with Crippen molar-refractivity contribution >= 4 is 22.6 Å². The van der Waals surface area contributed by atoms with E-state index in [-0.39, 0.29) is 0 Å². The number of nitrogens with zero attached hydrogens (tertiary/aromatic N) is 5. The predicted octanol–water partition coefficient (Wildman–Crippen LogP) is 6.03. The van der Waals surface area contributed by atoms with Gasteiger partial charge in [-0.3, -0.25) is 9.47 Å². The Kier molecular flexibility index (Phi) is 6.73. The summed E-state index contributed by atoms with van der Waals surface area (Å²) in [6, 6.07) is 16.7. The molecule has 5 rings (SSSR count). The van der Waals surface area contributed by atoms with Crippen molar-refractivity contribution in [3.8, 4) is 17.1 Å². The van der Waals surface area contributed by atoms with Gasteiger partial charge in [-0.05, 0) is 86.8 Å². The molecule has 0 radical (unpaired) electrons. The number of imidazole rings is 1. The summed E-state index contributed by atoms with van der Waals surface area (Å²) >= 11 is 0. The molecule has 0 spiro atoms. The van der Waals surface area contributed by atoms with Crippen LogP contribution >= 0.6 is 0 Å². The predicted molar refractivity (Wildman–Crippen MR) is 144 cm³/mol. The summed E-state index contributed by atoms with van der Waals surface area (Å²) in [4.78, 5) is 16.9. The summed E-state index contributed by atoms with van der Waals surface area (Å²) < 4.78 is 2.10. The Labute approximate surface area is 206 Å². The van der Waals surface area contributed by atoms with Crippen molar-refractivity contribution < 1.29 is 0 Å². The highest BCUT2D eigenvalue weighted by Gasteiger charge is 2.19. The van der Waals surface area contributed by atoms with E-state index >= 15 is 0 Å². The third kappa shape index (κ3) is 4.75. The van der Waals surface area contributed by atoms with E-state index in [0.717, 1.165) is 52.5 Å². The van der Waals surface area contributed by atoms with Crippen molar-refractivity contribution in [3.63, 3.8) is 0 Å². The molecule has 1 aromatic carbocycles. The quantitative estimate of drug-likeness (QED) is 0.338. The summed E-state index contributed by atoms with van der Waals surface area (Å²) in [7, 11) is 0. The number of hydrogen-bond acceptors (Lipinski definition) is 5. The summed E-state index contributed by atoms with van der Waals surface area (Å²) in [6.07, 6.45) is 11.6. The van der Waals surface area contributed by atoms with Crippen molar-refractivity contribution in [3.05, 3.63) is 84.2 Å². The van der Waals surface area contributed by atoms with Crippen molar-refractivity contribution in [2.75, 3.05) is 18.8 Å². The van der Waals surface area contributed by atoms with Gasteiger partial charge in [0.25, 0.3) is 0 Å². The van der Waals surface area contributed by atoms with Crippen LogP contribution in [0.5, 0.6) is 0 Å². The average Bonchev–Trinajstić information content (AvgIpc) is 3.52. The molecular formula is C29H32N6. The molecule has 4 aromatic rings. The van der Waals surface area contributed by atoms with Gasteiger partial charge in [0, 0.05) is 18.4 Å². The zero-order valence-corrected chi connectivity index (χ0v) is 20.5. The molecule has 6 heteroatoms. The second-order valence-corrected chi connectivity index (χ2v) is 8.96. The number of anilines is 1. The van der Waals surface area contributed by atoms with Gasteiger partial charge in [0.2, 0.25) is 0 Å². The molecule has 6 nitrogen and oxygen atoms in total. The number of rotatable bonds is 7. The van der Waals surface area contributed by atoms with Crippen LogP contribution in [-0.4, -0.2) is 37.5 Å². The second-order valence-electron chi connectivity index (χ2n) is 8.96. The maximum atomic E-state index is 6.29. The Morgan fingerprint density at radius 3 is 2.54 bits per heavy atom. The highest BCUT2D eigenvalue weighted by atomic mass is 15.1. The fourth-order valence-electron chi connectivity index (χ4n) is 4.76. The Bertz CT molecular complexity index is 1370. The van der Waals surface area contributed by atoms with Crippen LogP contribution in [0.15, 0.2) is 73.0 Å². The van der Waals surface area contributed by atoms with Gasteiger partial charge in [-0.25, -0.2) is 15.0 Å². The zero-order valence-electron chi connectivity index (χ0n) is 20.5. The number of allylic oxidation sites excluding steroid dienone is 4. The smallest absolute Gasteiger partial charge is 0.165 e. The van der Waals surface area contributed by atoms with Crippen LogP contribution in [0.25, 0.3) is 33.8 Å². The third-order valence-corrected chi connectivity index (χ3v) is 6.45. The Morgan fingerprint density at radius 2 is 1.83 bits per heavy atom. The van der Waals surface area contributed by atoms with Crippen LogP contribution in [0, 0.1) is 0 Å². The highest BCUT2D eigenvalue weighted by molar-refractivity contribution is 5.85. The molecule has 0 saturated carbocycles. The first-order valence-electron chi connectivity index (χ1n) is 12.4. The van der Waals surface area contributed by atoms with Crippen molar-refractivity contribution in [2.24, 2.45) is 0 Å². The topological polar surface area (TPSA) is 72.9 Å². The lowest BCUT2D eigenvalue weighted by Gasteiger charge is -2.15. The Morgan fingerprint density at radius 1 is 1.03 bits per heavy atom. The number of likely N-dealkylation sites (tertiary alicyclic amines) is 1. The van der Waals surface area contributed by atoms with E-state index in [1.54, 1.807) is 6.20 Å². The number of benzene rings is 1. The minimum atomic E-state index is 0.454. The molecule has 1 fully saturated rings. The molecule has 0 aliphatic carbocycles. The molecule has 0 amide bonds. The molecule has 0 unspecified atom stereocenters. The number of pyridine rings is 2. The third-order valence-electron chi connectivity index (χ3n) is 6.45. The van der Waals surface area contributed by atoms with Crippen LogP contribution in [0.4, 0.5) is 5.82 Å². The maximum Gasteiger partial charge on any atom is 0.165 e. The van der Waals surface area contributed by atoms with Gasteiger partial charge in [-0.15, -0.1) is 0 Å². The molecule has 3 aromatic heterocycles. The van der Waals surface area contributed by atoms with Crippen LogP contribution in [-0.2, 0) is 6.54 Å². The summed E-state index contributed by atoms with van der Waals surface area (Å²) in [5.41, 5.74) is 13.1. The molecule has 1 saturated heterocycles. The average molecular weight is 465 g/mol. The first-order valence-corrected chi connectivity index (χ1v) is 12.4. The lowest BCUT2D eigenvalue weighted by Crippen LogP contribution is -2.18. The van der Waals surface area contributed by atoms with Gasteiger partial charge in [0.15, 0.2) is 11.5 Å². The van der Waals surface area contributed by atoms with Crippen LogP contribution in [0.2, 0.25) is 0 Å². The number of aromatic nitrogens is 4. The molecular weight excluding hydrogens is 432 g/mol. The van der Waals surface area contributed by atoms with E-state index < -0.39 is 0 Å². The largest absolute Gasteiger partial charge is 0.383 e. The van der Waals surface area contributed by atoms with E-state index in [1.165, 1.54) is 31.5 Å². The fraction of sp³-hybridized carbons (Fsp3) is 0.276.